The number of nitrogens with one attached hydrogen (secondary N) is 1. The number of phenols is 1. The molecule has 8 heteroatoms. The Morgan fingerprint density at radius 1 is 1.20 bits per heavy atom. The van der Waals surface area contributed by atoms with Gasteiger partial charge >= 0.3 is 0 Å². The molecule has 3 rings (SSSR count). The molecule has 0 saturated carbocycles. The van der Waals surface area contributed by atoms with Crippen molar-refractivity contribution in [3.05, 3.63) is 86.8 Å². The van der Waals surface area contributed by atoms with E-state index >= 15 is 0 Å². The van der Waals surface area contributed by atoms with Crippen LogP contribution in [0.2, 0.25) is 5.02 Å². The number of amides is 1. The molecule has 3 aromatic rings. The first-order valence-corrected chi connectivity index (χ1v) is 10.0. The molecule has 0 aliphatic heterocycles. The predicted octanol–water partition coefficient (Wildman–Crippen LogP) is 5.16. The van der Waals surface area contributed by atoms with Crippen LogP contribution in [0.25, 0.3) is 0 Å². The summed E-state index contributed by atoms with van der Waals surface area (Å²) in [6.45, 7) is 0.280. The SMILES string of the molecule is COc1cc(/C=N/NC(=O)c2cccc(O)c2)cc(Br)c1OCc1ccccc1Cl. The summed E-state index contributed by atoms with van der Waals surface area (Å²) in [5.41, 5.74) is 4.25. The molecule has 2 N–H and O–H groups in total. The third-order valence-corrected chi connectivity index (χ3v) is 5.03. The molecule has 6 nitrogen and oxygen atoms in total. The van der Waals surface area contributed by atoms with E-state index in [2.05, 4.69) is 26.5 Å². The van der Waals surface area contributed by atoms with Crippen LogP contribution in [0.3, 0.4) is 0 Å². The monoisotopic (exact) mass is 488 g/mol. The van der Waals surface area contributed by atoms with E-state index in [-0.39, 0.29) is 12.4 Å². The van der Waals surface area contributed by atoms with Crippen molar-refractivity contribution in [2.75, 3.05) is 7.11 Å². The van der Waals surface area contributed by atoms with Gasteiger partial charge in [0.15, 0.2) is 11.5 Å². The normalized spacial score (nSPS) is 10.8. The number of phenolic OH excluding ortho intramolecular Hbond substituents is 1. The zero-order valence-electron chi connectivity index (χ0n) is 15.9. The van der Waals surface area contributed by atoms with Gasteiger partial charge in [-0.25, -0.2) is 5.43 Å². The van der Waals surface area contributed by atoms with Crippen LogP contribution in [0.15, 0.2) is 70.2 Å². The highest BCUT2D eigenvalue weighted by Crippen LogP contribution is 2.37. The summed E-state index contributed by atoms with van der Waals surface area (Å²) >= 11 is 9.66. The topological polar surface area (TPSA) is 80.2 Å². The minimum Gasteiger partial charge on any atom is -0.508 e. The molecule has 0 aliphatic carbocycles. The summed E-state index contributed by atoms with van der Waals surface area (Å²) < 4.78 is 12.0. The first-order valence-electron chi connectivity index (χ1n) is 8.84. The van der Waals surface area contributed by atoms with Gasteiger partial charge in [-0.1, -0.05) is 35.9 Å². The van der Waals surface area contributed by atoms with Gasteiger partial charge in [-0.05, 0) is 57.9 Å². The summed E-state index contributed by atoms with van der Waals surface area (Å²) in [6.07, 6.45) is 1.48. The number of halogens is 2. The fourth-order valence-corrected chi connectivity index (χ4v) is 3.36. The molecule has 0 aliphatic rings. The molecule has 0 heterocycles. The number of carbonyl (C=O) groups excluding carboxylic acids is 1. The molecule has 154 valence electrons. The smallest absolute Gasteiger partial charge is 0.271 e. The van der Waals surface area contributed by atoms with Gasteiger partial charge in [0.05, 0.1) is 17.8 Å². The first kappa shape index (κ1) is 21.7. The number of benzene rings is 3. The van der Waals surface area contributed by atoms with Gasteiger partial charge in [0.2, 0.25) is 0 Å². The highest BCUT2D eigenvalue weighted by Gasteiger charge is 2.12. The number of hydrogen-bond acceptors (Lipinski definition) is 5. The van der Waals surface area contributed by atoms with Crippen molar-refractivity contribution < 1.29 is 19.4 Å². The number of methoxy groups -OCH3 is 1. The lowest BCUT2D eigenvalue weighted by Crippen LogP contribution is -2.17. The van der Waals surface area contributed by atoms with Gasteiger partial charge < -0.3 is 14.6 Å². The van der Waals surface area contributed by atoms with E-state index in [1.54, 1.807) is 30.3 Å². The lowest BCUT2D eigenvalue weighted by Gasteiger charge is -2.14. The van der Waals surface area contributed by atoms with Crippen LogP contribution < -0.4 is 14.9 Å². The Morgan fingerprint density at radius 3 is 2.73 bits per heavy atom. The van der Waals surface area contributed by atoms with Crippen molar-refractivity contribution in [3.63, 3.8) is 0 Å². The first-order chi connectivity index (χ1) is 14.5. The Bertz CT molecular complexity index is 1090. The molecule has 0 aromatic heterocycles. The predicted molar refractivity (Wildman–Crippen MR) is 120 cm³/mol. The lowest BCUT2D eigenvalue weighted by molar-refractivity contribution is 0.0954. The molecule has 1 amide bonds. The lowest BCUT2D eigenvalue weighted by atomic mass is 10.2. The molecule has 0 saturated heterocycles. The zero-order chi connectivity index (χ0) is 21.5. The van der Waals surface area contributed by atoms with Gasteiger partial charge in [0.1, 0.15) is 12.4 Å². The third kappa shape index (κ3) is 5.52. The summed E-state index contributed by atoms with van der Waals surface area (Å²) in [7, 11) is 1.54. The van der Waals surface area contributed by atoms with Gasteiger partial charge in [-0.15, -0.1) is 0 Å². The Balaban J connectivity index is 1.71. The number of rotatable bonds is 7. The molecule has 30 heavy (non-hydrogen) atoms. The molecule has 0 fully saturated rings. The highest BCUT2D eigenvalue weighted by atomic mass is 79.9. The van der Waals surface area contributed by atoms with Gasteiger partial charge in [0, 0.05) is 16.1 Å². The van der Waals surface area contributed by atoms with Gasteiger partial charge in [0.25, 0.3) is 5.91 Å². The Hall–Kier alpha value is -3.03. The van der Waals surface area contributed by atoms with Crippen LogP contribution in [0.5, 0.6) is 17.2 Å². The second-order valence-corrected chi connectivity index (χ2v) is 7.43. The van der Waals surface area contributed by atoms with Crippen LogP contribution in [0.4, 0.5) is 0 Å². The fourth-order valence-electron chi connectivity index (χ4n) is 2.60. The second kappa shape index (κ2) is 10.1. The summed E-state index contributed by atoms with van der Waals surface area (Å²) in [5, 5.41) is 14.0. The van der Waals surface area contributed by atoms with E-state index in [1.807, 2.05) is 18.2 Å². The zero-order valence-corrected chi connectivity index (χ0v) is 18.3. The van der Waals surface area contributed by atoms with E-state index in [0.29, 0.717) is 32.1 Å². The molecule has 0 spiro atoms. The molecule has 0 bridgehead atoms. The molecule has 3 aromatic carbocycles. The van der Waals surface area contributed by atoms with Crippen LogP contribution in [-0.2, 0) is 6.61 Å². The Labute approximate surface area is 187 Å². The molecule has 0 unspecified atom stereocenters. The van der Waals surface area contributed by atoms with Gasteiger partial charge in [-0.3, -0.25) is 4.79 Å². The number of hydrazone groups is 1. The quantitative estimate of drug-likeness (QED) is 0.355. The summed E-state index contributed by atoms with van der Waals surface area (Å²) in [5.74, 6) is 0.594. The molecular formula is C22H18BrClN2O4. The summed E-state index contributed by atoms with van der Waals surface area (Å²) in [4.78, 5) is 12.1. The highest BCUT2D eigenvalue weighted by molar-refractivity contribution is 9.10. The van der Waals surface area contributed by atoms with Crippen molar-refractivity contribution >= 4 is 39.7 Å². The van der Waals surface area contributed by atoms with Crippen molar-refractivity contribution in [3.8, 4) is 17.2 Å². The molecular weight excluding hydrogens is 472 g/mol. The standard InChI is InChI=1S/C22H18BrClN2O4/c1-29-20-10-14(12-25-26-22(28)15-6-4-7-17(27)11-15)9-18(23)21(20)30-13-16-5-2-3-8-19(16)24/h2-12,27H,13H2,1H3,(H,26,28)/b25-12+. The summed E-state index contributed by atoms with van der Waals surface area (Å²) in [6, 6.07) is 17.0. The molecule has 0 atom stereocenters. The minimum atomic E-state index is -0.437. The number of nitrogens with zero attached hydrogens (tertiary/aromatic N) is 1. The van der Waals surface area contributed by atoms with Crippen LogP contribution >= 0.6 is 27.5 Å². The van der Waals surface area contributed by atoms with Crippen molar-refractivity contribution in [2.24, 2.45) is 5.10 Å². The van der Waals surface area contributed by atoms with Crippen molar-refractivity contribution in [1.82, 2.24) is 5.43 Å². The number of hydrogen-bond donors (Lipinski definition) is 2. The van der Waals surface area contributed by atoms with Crippen LogP contribution in [-0.4, -0.2) is 24.3 Å². The van der Waals surface area contributed by atoms with E-state index in [0.717, 1.165) is 5.56 Å². The largest absolute Gasteiger partial charge is 0.508 e. The fraction of sp³-hybridized carbons (Fsp3) is 0.0909. The van der Waals surface area contributed by atoms with E-state index in [4.69, 9.17) is 21.1 Å². The van der Waals surface area contributed by atoms with Crippen molar-refractivity contribution in [1.29, 1.82) is 0 Å². The Kier molecular flexibility index (Phi) is 7.32. The number of ether oxygens (including phenoxy) is 2. The maximum absolute atomic E-state index is 12.1. The van der Waals surface area contributed by atoms with Crippen LogP contribution in [0.1, 0.15) is 21.5 Å². The average Bonchev–Trinajstić information content (AvgIpc) is 2.73. The minimum absolute atomic E-state index is 0.00711. The number of carbonyl (C=O) groups is 1. The van der Waals surface area contributed by atoms with Gasteiger partial charge in [-0.2, -0.15) is 5.10 Å². The van der Waals surface area contributed by atoms with E-state index < -0.39 is 5.91 Å². The van der Waals surface area contributed by atoms with Crippen molar-refractivity contribution in [2.45, 2.75) is 6.61 Å². The van der Waals surface area contributed by atoms with E-state index in [1.165, 1.54) is 25.5 Å². The van der Waals surface area contributed by atoms with E-state index in [9.17, 15) is 9.90 Å². The maximum Gasteiger partial charge on any atom is 0.271 e. The molecule has 0 radical (unpaired) electrons. The van der Waals surface area contributed by atoms with Crippen LogP contribution in [0, 0.1) is 0 Å². The number of aromatic hydroxyl groups is 1. The second-order valence-electron chi connectivity index (χ2n) is 6.16. The maximum atomic E-state index is 12.1. The third-order valence-electron chi connectivity index (χ3n) is 4.07. The average molecular weight is 490 g/mol. The Morgan fingerprint density at radius 2 is 2.00 bits per heavy atom.